The molecule has 4 fully saturated rings. The lowest BCUT2D eigenvalue weighted by molar-refractivity contribution is -0.148. The van der Waals surface area contributed by atoms with E-state index < -0.39 is 8.32 Å². The molecule has 27 heavy (non-hydrogen) atoms. The number of ether oxygens (including phenoxy) is 1. The van der Waals surface area contributed by atoms with Gasteiger partial charge in [-0.15, -0.1) is 0 Å². The van der Waals surface area contributed by atoms with E-state index in [1.54, 1.807) is 0 Å². The number of rotatable bonds is 9. The molecule has 0 amide bonds. The quantitative estimate of drug-likeness (QED) is 0.412. The van der Waals surface area contributed by atoms with Gasteiger partial charge in [0.2, 0.25) is 0 Å². The molecule has 4 aliphatic rings. The SMILES string of the molecule is CC[Si](CC)(CC)OC1[C@@H]2CC[C@@]1([C@@H]1C[C@H]1C(=O)OCc1ccccc1)C2. The fourth-order valence-electron chi connectivity index (χ4n) is 5.93. The van der Waals surface area contributed by atoms with Crippen LogP contribution in [0, 0.1) is 23.2 Å². The summed E-state index contributed by atoms with van der Waals surface area (Å²) in [5, 5.41) is 0. The van der Waals surface area contributed by atoms with Crippen LogP contribution in [-0.2, 0) is 20.6 Å². The summed E-state index contributed by atoms with van der Waals surface area (Å²) in [6.45, 7) is 7.34. The Morgan fingerprint density at radius 2 is 1.85 bits per heavy atom. The van der Waals surface area contributed by atoms with Crippen LogP contribution in [0.2, 0.25) is 18.1 Å². The Morgan fingerprint density at radius 1 is 1.15 bits per heavy atom. The van der Waals surface area contributed by atoms with E-state index in [4.69, 9.17) is 9.16 Å². The predicted molar refractivity (Wildman–Crippen MR) is 110 cm³/mol. The van der Waals surface area contributed by atoms with Crippen LogP contribution in [-0.4, -0.2) is 20.4 Å². The van der Waals surface area contributed by atoms with Crippen molar-refractivity contribution in [2.45, 2.75) is 77.3 Å². The lowest BCUT2D eigenvalue weighted by Gasteiger charge is -2.52. The highest BCUT2D eigenvalue weighted by atomic mass is 28.4. The summed E-state index contributed by atoms with van der Waals surface area (Å²) in [4.78, 5) is 12.6. The van der Waals surface area contributed by atoms with Gasteiger partial charge in [-0.25, -0.2) is 0 Å². The van der Waals surface area contributed by atoms with Crippen LogP contribution in [0.25, 0.3) is 0 Å². The molecule has 5 rings (SSSR count). The summed E-state index contributed by atoms with van der Waals surface area (Å²) in [6, 6.07) is 13.6. The Bertz CT molecular complexity index is 659. The fourth-order valence-corrected chi connectivity index (χ4v) is 8.90. The van der Waals surface area contributed by atoms with Gasteiger partial charge in [-0.1, -0.05) is 51.1 Å². The third kappa shape index (κ3) is 3.29. The molecule has 3 nitrogen and oxygen atoms in total. The number of hydrogen-bond acceptors (Lipinski definition) is 3. The summed E-state index contributed by atoms with van der Waals surface area (Å²) in [6.07, 6.45) is 5.29. The molecule has 0 aliphatic heterocycles. The van der Waals surface area contributed by atoms with Gasteiger partial charge in [-0.05, 0) is 66.6 Å². The molecule has 0 aromatic heterocycles. The molecule has 4 aliphatic carbocycles. The molecule has 2 bridgehead atoms. The van der Waals surface area contributed by atoms with Crippen molar-refractivity contribution in [2.75, 3.05) is 0 Å². The lowest BCUT2D eigenvalue weighted by Crippen LogP contribution is -2.55. The first-order chi connectivity index (χ1) is 13.1. The van der Waals surface area contributed by atoms with E-state index in [1.165, 1.54) is 37.4 Å². The number of fused-ring (bicyclic) bond motifs is 1. The molecule has 4 saturated carbocycles. The molecule has 1 unspecified atom stereocenters. The molecule has 148 valence electrons. The van der Waals surface area contributed by atoms with Crippen LogP contribution >= 0.6 is 0 Å². The summed E-state index contributed by atoms with van der Waals surface area (Å²) >= 11 is 0. The van der Waals surface area contributed by atoms with Crippen molar-refractivity contribution in [1.82, 2.24) is 0 Å². The van der Waals surface area contributed by atoms with Gasteiger partial charge in [0.25, 0.3) is 0 Å². The molecule has 0 saturated heterocycles. The first kappa shape index (κ1) is 19.2. The maximum absolute atomic E-state index is 12.6. The Balaban J connectivity index is 1.37. The first-order valence-corrected chi connectivity index (χ1v) is 13.5. The second-order valence-corrected chi connectivity index (χ2v) is 13.8. The van der Waals surface area contributed by atoms with Crippen LogP contribution in [0.3, 0.4) is 0 Å². The Kier molecular flexibility index (Phi) is 5.23. The lowest BCUT2D eigenvalue weighted by atomic mass is 9.63. The molecule has 4 heteroatoms. The number of carbonyl (C=O) groups excluding carboxylic acids is 1. The van der Waals surface area contributed by atoms with Gasteiger partial charge >= 0.3 is 5.97 Å². The van der Waals surface area contributed by atoms with Gasteiger partial charge in [0.15, 0.2) is 8.32 Å². The number of benzene rings is 1. The molecule has 0 N–H and O–H groups in total. The molecule has 5 atom stereocenters. The van der Waals surface area contributed by atoms with Gasteiger partial charge in [-0.2, -0.15) is 0 Å². The highest BCUT2D eigenvalue weighted by molar-refractivity contribution is 6.73. The molecular weight excluding hydrogens is 352 g/mol. The minimum atomic E-state index is -1.58. The standard InChI is InChI=1S/C23H34O3Si/c1-4-27(5-2,6-3)26-21-18-12-13-23(21,15-18)20-14-19(20)22(24)25-16-17-10-8-7-9-11-17/h7-11,18-21H,4-6,12-16H2,1-3H3/t18-,19-,20-,21?,23+/m1/s1. The zero-order chi connectivity index (χ0) is 19.1. The molecule has 0 spiro atoms. The topological polar surface area (TPSA) is 35.5 Å². The van der Waals surface area contributed by atoms with E-state index in [1.807, 2.05) is 30.3 Å². The third-order valence-electron chi connectivity index (χ3n) is 7.98. The third-order valence-corrected chi connectivity index (χ3v) is 12.6. The average molecular weight is 387 g/mol. The molecule has 1 aromatic rings. The van der Waals surface area contributed by atoms with Crippen molar-refractivity contribution in [3.8, 4) is 0 Å². The smallest absolute Gasteiger partial charge is 0.309 e. The minimum absolute atomic E-state index is 0.0114. The zero-order valence-corrected chi connectivity index (χ0v) is 18.1. The molecular formula is C23H34O3Si. The number of hydrogen-bond donors (Lipinski definition) is 0. The molecule has 1 aromatic carbocycles. The van der Waals surface area contributed by atoms with Crippen LogP contribution in [0.5, 0.6) is 0 Å². The van der Waals surface area contributed by atoms with Crippen molar-refractivity contribution in [1.29, 1.82) is 0 Å². The van der Waals surface area contributed by atoms with Crippen molar-refractivity contribution >= 4 is 14.3 Å². The van der Waals surface area contributed by atoms with E-state index in [9.17, 15) is 4.79 Å². The van der Waals surface area contributed by atoms with E-state index in [0.717, 1.165) is 17.9 Å². The number of carbonyl (C=O) groups is 1. The van der Waals surface area contributed by atoms with Crippen molar-refractivity contribution in [2.24, 2.45) is 23.2 Å². The van der Waals surface area contributed by atoms with E-state index >= 15 is 0 Å². The summed E-state index contributed by atoms with van der Waals surface area (Å²) in [5.41, 5.74) is 1.36. The Hall–Kier alpha value is -1.13. The predicted octanol–water partition coefficient (Wildman–Crippen LogP) is 5.56. The van der Waals surface area contributed by atoms with Crippen molar-refractivity contribution in [3.05, 3.63) is 35.9 Å². The maximum atomic E-state index is 12.6. The number of esters is 1. The highest BCUT2D eigenvalue weighted by Crippen LogP contribution is 2.71. The fraction of sp³-hybridized carbons (Fsp3) is 0.696. The summed E-state index contributed by atoms with van der Waals surface area (Å²) in [7, 11) is -1.58. The van der Waals surface area contributed by atoms with Gasteiger partial charge in [0.05, 0.1) is 12.0 Å². The zero-order valence-electron chi connectivity index (χ0n) is 17.1. The van der Waals surface area contributed by atoms with Crippen molar-refractivity contribution in [3.63, 3.8) is 0 Å². The molecule has 0 radical (unpaired) electrons. The Labute approximate surface area is 165 Å². The van der Waals surface area contributed by atoms with Crippen LogP contribution < -0.4 is 0 Å². The van der Waals surface area contributed by atoms with Gasteiger partial charge in [-0.3, -0.25) is 4.79 Å². The van der Waals surface area contributed by atoms with Crippen molar-refractivity contribution < 1.29 is 14.0 Å². The maximum Gasteiger partial charge on any atom is 0.309 e. The van der Waals surface area contributed by atoms with E-state index in [0.29, 0.717) is 24.0 Å². The van der Waals surface area contributed by atoms with Gasteiger partial charge < -0.3 is 9.16 Å². The van der Waals surface area contributed by atoms with Gasteiger partial charge in [0.1, 0.15) is 6.61 Å². The van der Waals surface area contributed by atoms with Crippen LogP contribution in [0.4, 0.5) is 0 Å². The highest BCUT2D eigenvalue weighted by Gasteiger charge is 2.70. The average Bonchev–Trinajstić information content (AvgIpc) is 3.28. The van der Waals surface area contributed by atoms with E-state index in [2.05, 4.69) is 20.8 Å². The minimum Gasteiger partial charge on any atom is -0.461 e. The van der Waals surface area contributed by atoms with E-state index in [-0.39, 0.29) is 11.9 Å². The normalized spacial score (nSPS) is 34.2. The first-order valence-electron chi connectivity index (χ1n) is 11.0. The monoisotopic (exact) mass is 386 g/mol. The van der Waals surface area contributed by atoms with Crippen LogP contribution in [0.1, 0.15) is 52.0 Å². The van der Waals surface area contributed by atoms with Gasteiger partial charge in [0, 0.05) is 0 Å². The largest absolute Gasteiger partial charge is 0.461 e. The molecule has 0 heterocycles. The summed E-state index contributed by atoms with van der Waals surface area (Å²) < 4.78 is 12.6. The van der Waals surface area contributed by atoms with Crippen LogP contribution in [0.15, 0.2) is 30.3 Å². The summed E-state index contributed by atoms with van der Waals surface area (Å²) in [5.74, 6) is 1.38. The Morgan fingerprint density at radius 3 is 2.48 bits per heavy atom. The second kappa shape index (κ2) is 7.36. The second-order valence-electron chi connectivity index (χ2n) is 9.06.